The Morgan fingerprint density at radius 3 is 2.09 bits per heavy atom. The van der Waals surface area contributed by atoms with Gasteiger partial charge in [0.25, 0.3) is 0 Å². The monoisotopic (exact) mass is 157 g/mol. The first kappa shape index (κ1) is 9.01. The number of likely N-dealkylation sites (tertiary alicyclic amines) is 1. The fourth-order valence-electron chi connectivity index (χ4n) is 2.21. The Balaban J connectivity index is 2.71. The zero-order valence-electron chi connectivity index (χ0n) is 8.02. The molecule has 0 aromatic carbocycles. The molecule has 0 spiro atoms. The highest BCUT2D eigenvalue weighted by Crippen LogP contribution is 2.38. The molecule has 1 N–H and O–H groups in total. The molecule has 0 amide bonds. The Kier molecular flexibility index (Phi) is 2.01. The van der Waals surface area contributed by atoms with Gasteiger partial charge in [0.05, 0.1) is 0 Å². The topological polar surface area (TPSA) is 23.5 Å². The van der Waals surface area contributed by atoms with Crippen LogP contribution < -0.4 is 0 Å². The molecule has 1 aliphatic heterocycles. The average molecular weight is 157 g/mol. The zero-order valence-corrected chi connectivity index (χ0v) is 8.02. The fraction of sp³-hybridized carbons (Fsp3) is 1.00. The molecule has 2 nitrogen and oxygen atoms in total. The van der Waals surface area contributed by atoms with E-state index in [9.17, 15) is 5.11 Å². The maximum absolute atomic E-state index is 9.92. The lowest BCUT2D eigenvalue weighted by molar-refractivity contribution is -0.0620. The van der Waals surface area contributed by atoms with Crippen molar-refractivity contribution in [2.24, 2.45) is 5.41 Å². The van der Waals surface area contributed by atoms with E-state index in [4.69, 9.17) is 0 Å². The predicted molar refractivity (Wildman–Crippen MR) is 46.3 cm³/mol. The lowest BCUT2D eigenvalue weighted by atomic mass is 9.90. The molecule has 1 unspecified atom stereocenters. The van der Waals surface area contributed by atoms with E-state index in [0.717, 1.165) is 19.5 Å². The van der Waals surface area contributed by atoms with Gasteiger partial charge in [0.2, 0.25) is 0 Å². The second-order valence-corrected chi connectivity index (χ2v) is 4.57. The van der Waals surface area contributed by atoms with Crippen LogP contribution in [0.15, 0.2) is 0 Å². The number of hydrogen-bond acceptors (Lipinski definition) is 2. The minimum absolute atomic E-state index is 0.277. The van der Waals surface area contributed by atoms with Gasteiger partial charge in [-0.25, -0.2) is 0 Å². The van der Waals surface area contributed by atoms with Crippen molar-refractivity contribution in [1.82, 2.24) is 4.90 Å². The largest absolute Gasteiger partial charge is 0.376 e. The van der Waals surface area contributed by atoms with Gasteiger partial charge in [-0.1, -0.05) is 20.8 Å². The van der Waals surface area contributed by atoms with E-state index in [0.29, 0.717) is 0 Å². The number of aliphatic hydroxyl groups is 1. The third-order valence-corrected chi connectivity index (χ3v) is 2.50. The Morgan fingerprint density at radius 1 is 1.36 bits per heavy atom. The minimum Gasteiger partial charge on any atom is -0.376 e. The molecule has 0 aromatic rings. The molecule has 0 radical (unpaired) electrons. The standard InChI is InChI=1S/C9H19NO/c1-5-10-7-8(2,3)6-9(10,4)11/h11H,5-7H2,1-4H3. The summed E-state index contributed by atoms with van der Waals surface area (Å²) in [7, 11) is 0. The van der Waals surface area contributed by atoms with Gasteiger partial charge < -0.3 is 5.11 Å². The van der Waals surface area contributed by atoms with Gasteiger partial charge in [-0.15, -0.1) is 0 Å². The first-order valence-corrected chi connectivity index (χ1v) is 4.35. The van der Waals surface area contributed by atoms with Crippen LogP contribution in [0.3, 0.4) is 0 Å². The van der Waals surface area contributed by atoms with Crippen LogP contribution in [0.4, 0.5) is 0 Å². The van der Waals surface area contributed by atoms with Crippen molar-refractivity contribution in [3.8, 4) is 0 Å². The quantitative estimate of drug-likeness (QED) is 0.622. The van der Waals surface area contributed by atoms with Crippen LogP contribution >= 0.6 is 0 Å². The molecule has 0 bridgehead atoms. The van der Waals surface area contributed by atoms with Gasteiger partial charge in [0.15, 0.2) is 0 Å². The summed E-state index contributed by atoms with van der Waals surface area (Å²) in [6.07, 6.45) is 0.883. The molecule has 1 rings (SSSR count). The van der Waals surface area contributed by atoms with Crippen molar-refractivity contribution in [1.29, 1.82) is 0 Å². The van der Waals surface area contributed by atoms with Crippen molar-refractivity contribution in [3.63, 3.8) is 0 Å². The van der Waals surface area contributed by atoms with E-state index in [1.807, 2.05) is 6.92 Å². The lowest BCUT2D eigenvalue weighted by Crippen LogP contribution is -2.40. The van der Waals surface area contributed by atoms with Crippen molar-refractivity contribution in [2.45, 2.75) is 39.8 Å². The van der Waals surface area contributed by atoms with Crippen LogP contribution in [0.25, 0.3) is 0 Å². The number of nitrogens with zero attached hydrogens (tertiary/aromatic N) is 1. The summed E-state index contributed by atoms with van der Waals surface area (Å²) in [6, 6.07) is 0. The van der Waals surface area contributed by atoms with Gasteiger partial charge >= 0.3 is 0 Å². The molecule has 66 valence electrons. The predicted octanol–water partition coefficient (Wildman–Crippen LogP) is 1.45. The summed E-state index contributed by atoms with van der Waals surface area (Å²) < 4.78 is 0. The highest BCUT2D eigenvalue weighted by molar-refractivity contribution is 4.92. The summed E-state index contributed by atoms with van der Waals surface area (Å²) in [5.74, 6) is 0. The molecule has 1 aliphatic rings. The first-order chi connectivity index (χ1) is 4.87. The third kappa shape index (κ3) is 1.74. The second kappa shape index (κ2) is 2.46. The van der Waals surface area contributed by atoms with Crippen molar-refractivity contribution in [3.05, 3.63) is 0 Å². The van der Waals surface area contributed by atoms with Gasteiger partial charge in [0.1, 0.15) is 5.72 Å². The SMILES string of the molecule is CCN1CC(C)(C)CC1(C)O. The Hall–Kier alpha value is -0.0800. The molecule has 0 aromatic heterocycles. The van der Waals surface area contributed by atoms with E-state index in [1.54, 1.807) is 0 Å². The van der Waals surface area contributed by atoms with E-state index in [1.165, 1.54) is 0 Å². The first-order valence-electron chi connectivity index (χ1n) is 4.35. The molecule has 0 aliphatic carbocycles. The smallest absolute Gasteiger partial charge is 0.116 e. The molecule has 1 atom stereocenters. The summed E-state index contributed by atoms with van der Waals surface area (Å²) in [5, 5.41) is 9.92. The number of hydrogen-bond donors (Lipinski definition) is 1. The van der Waals surface area contributed by atoms with Crippen molar-refractivity contribution in [2.75, 3.05) is 13.1 Å². The molecule has 11 heavy (non-hydrogen) atoms. The van der Waals surface area contributed by atoms with E-state index < -0.39 is 5.72 Å². The fourth-order valence-corrected chi connectivity index (χ4v) is 2.21. The Morgan fingerprint density at radius 2 is 1.91 bits per heavy atom. The maximum Gasteiger partial charge on any atom is 0.116 e. The summed E-state index contributed by atoms with van der Waals surface area (Å²) in [4.78, 5) is 2.13. The Labute approximate surface area is 69.2 Å². The summed E-state index contributed by atoms with van der Waals surface area (Å²) in [6.45, 7) is 10.4. The highest BCUT2D eigenvalue weighted by Gasteiger charge is 2.43. The minimum atomic E-state index is -0.571. The van der Waals surface area contributed by atoms with Gasteiger partial charge in [-0.05, 0) is 25.3 Å². The highest BCUT2D eigenvalue weighted by atomic mass is 16.3. The molecular formula is C9H19NO. The van der Waals surface area contributed by atoms with Crippen LogP contribution in [-0.4, -0.2) is 28.8 Å². The average Bonchev–Trinajstić information content (AvgIpc) is 1.99. The van der Waals surface area contributed by atoms with Crippen molar-refractivity contribution >= 4 is 0 Å². The van der Waals surface area contributed by atoms with E-state index in [2.05, 4.69) is 25.7 Å². The Bertz CT molecular complexity index is 152. The molecule has 1 heterocycles. The normalized spacial score (nSPS) is 37.9. The molecule has 1 fully saturated rings. The van der Waals surface area contributed by atoms with Crippen LogP contribution in [0.2, 0.25) is 0 Å². The second-order valence-electron chi connectivity index (χ2n) is 4.57. The van der Waals surface area contributed by atoms with Gasteiger partial charge in [-0.3, -0.25) is 4.90 Å². The molecular weight excluding hydrogens is 138 g/mol. The molecule has 1 saturated heterocycles. The van der Waals surface area contributed by atoms with Crippen LogP contribution in [0.5, 0.6) is 0 Å². The van der Waals surface area contributed by atoms with Gasteiger partial charge in [-0.2, -0.15) is 0 Å². The van der Waals surface area contributed by atoms with Crippen LogP contribution in [0.1, 0.15) is 34.1 Å². The van der Waals surface area contributed by atoms with Crippen LogP contribution in [0, 0.1) is 5.41 Å². The number of rotatable bonds is 1. The lowest BCUT2D eigenvalue weighted by Gasteiger charge is -2.28. The summed E-state index contributed by atoms with van der Waals surface area (Å²) in [5.41, 5.74) is -0.294. The van der Waals surface area contributed by atoms with Crippen molar-refractivity contribution < 1.29 is 5.11 Å². The van der Waals surface area contributed by atoms with Crippen LogP contribution in [-0.2, 0) is 0 Å². The molecule has 2 heteroatoms. The van der Waals surface area contributed by atoms with Gasteiger partial charge in [0, 0.05) is 6.54 Å². The van der Waals surface area contributed by atoms with E-state index >= 15 is 0 Å². The third-order valence-electron chi connectivity index (χ3n) is 2.50. The zero-order chi connectivity index (χ0) is 8.70. The molecule has 0 saturated carbocycles. The van der Waals surface area contributed by atoms with E-state index in [-0.39, 0.29) is 5.41 Å². The maximum atomic E-state index is 9.92. The summed E-state index contributed by atoms with van der Waals surface area (Å²) >= 11 is 0.